The van der Waals surface area contributed by atoms with E-state index in [-0.39, 0.29) is 0 Å². The Bertz CT molecular complexity index is 603. The van der Waals surface area contributed by atoms with Crippen molar-refractivity contribution in [3.63, 3.8) is 0 Å². The van der Waals surface area contributed by atoms with Crippen LogP contribution in [0.4, 0.5) is 5.69 Å². The third-order valence-electron chi connectivity index (χ3n) is 3.12. The van der Waals surface area contributed by atoms with E-state index in [9.17, 15) is 4.21 Å². The molecule has 0 aliphatic heterocycles. The lowest BCUT2D eigenvalue weighted by atomic mass is 10.2. The lowest BCUT2D eigenvalue weighted by Crippen LogP contribution is -2.08. The van der Waals surface area contributed by atoms with Crippen molar-refractivity contribution in [2.45, 2.75) is 5.75 Å². The molecule has 0 N–H and O–H groups in total. The average molecular weight is 285 g/mol. The maximum absolute atomic E-state index is 12.3. The van der Waals surface area contributed by atoms with Crippen LogP contribution in [0, 0.1) is 0 Å². The molecule has 0 bridgehead atoms. The van der Waals surface area contributed by atoms with E-state index >= 15 is 0 Å². The zero-order valence-electron chi connectivity index (χ0n) is 11.9. The third-order valence-corrected chi connectivity index (χ3v) is 4.50. The first kappa shape index (κ1) is 14.5. The van der Waals surface area contributed by atoms with Crippen molar-refractivity contribution in [2.24, 2.45) is 0 Å². The molecule has 1 atom stereocenters. The van der Waals surface area contributed by atoms with Crippen LogP contribution in [0.2, 0.25) is 0 Å². The van der Waals surface area contributed by atoms with Crippen LogP contribution >= 0.6 is 0 Å². The Kier molecular flexibility index (Phi) is 4.74. The highest BCUT2D eigenvalue weighted by molar-refractivity contribution is 7.93. The first-order valence-electron chi connectivity index (χ1n) is 6.47. The maximum atomic E-state index is 12.3. The maximum Gasteiger partial charge on any atom is 0.0574 e. The van der Waals surface area contributed by atoms with Crippen LogP contribution in [0.25, 0.3) is 4.91 Å². The van der Waals surface area contributed by atoms with Gasteiger partial charge < -0.3 is 4.90 Å². The van der Waals surface area contributed by atoms with Crippen LogP contribution in [0.3, 0.4) is 0 Å². The number of anilines is 1. The van der Waals surface area contributed by atoms with Gasteiger partial charge in [0.25, 0.3) is 0 Å². The van der Waals surface area contributed by atoms with Crippen LogP contribution in [0.5, 0.6) is 0 Å². The van der Waals surface area contributed by atoms with E-state index in [0.29, 0.717) is 10.7 Å². The minimum absolute atomic E-state index is 0.509. The highest BCUT2D eigenvalue weighted by atomic mass is 32.2. The zero-order chi connectivity index (χ0) is 14.5. The summed E-state index contributed by atoms with van der Waals surface area (Å²) in [5.41, 5.74) is 3.12. The van der Waals surface area contributed by atoms with Gasteiger partial charge in [0, 0.05) is 24.7 Å². The van der Waals surface area contributed by atoms with Crippen molar-refractivity contribution in [1.82, 2.24) is 0 Å². The number of benzene rings is 2. The van der Waals surface area contributed by atoms with Gasteiger partial charge in [-0.1, -0.05) is 49.0 Å². The van der Waals surface area contributed by atoms with Gasteiger partial charge in [-0.05, 0) is 23.3 Å². The Hall–Kier alpha value is -1.87. The van der Waals surface area contributed by atoms with E-state index in [1.165, 1.54) is 0 Å². The van der Waals surface area contributed by atoms with Gasteiger partial charge in [-0.25, -0.2) is 0 Å². The van der Waals surface area contributed by atoms with Crippen LogP contribution in [-0.2, 0) is 16.6 Å². The molecule has 20 heavy (non-hydrogen) atoms. The molecule has 0 heterocycles. The summed E-state index contributed by atoms with van der Waals surface area (Å²) in [5, 5.41) is 0. The molecule has 2 aromatic carbocycles. The topological polar surface area (TPSA) is 20.3 Å². The molecule has 0 amide bonds. The van der Waals surface area contributed by atoms with Crippen LogP contribution in [0.1, 0.15) is 11.1 Å². The zero-order valence-corrected chi connectivity index (χ0v) is 12.7. The summed E-state index contributed by atoms with van der Waals surface area (Å²) < 4.78 is 12.3. The number of hydrogen-bond acceptors (Lipinski definition) is 2. The Labute approximate surface area is 123 Å². The van der Waals surface area contributed by atoms with Crippen molar-refractivity contribution >= 4 is 21.4 Å². The molecule has 2 rings (SSSR count). The lowest BCUT2D eigenvalue weighted by molar-refractivity contribution is 0.688. The van der Waals surface area contributed by atoms with Crippen LogP contribution in [-0.4, -0.2) is 18.3 Å². The lowest BCUT2D eigenvalue weighted by Gasteiger charge is -2.13. The highest BCUT2D eigenvalue weighted by Gasteiger charge is 2.09. The van der Waals surface area contributed by atoms with Gasteiger partial charge in [-0.3, -0.25) is 4.21 Å². The van der Waals surface area contributed by atoms with E-state index in [1.54, 1.807) is 0 Å². The molecule has 104 valence electrons. The molecule has 0 aliphatic carbocycles. The SMILES string of the molecule is C=C(c1ccc(N(C)C)cc1)[S@@](=O)Cc1ccccc1. The first-order chi connectivity index (χ1) is 9.58. The molecule has 0 spiro atoms. The summed E-state index contributed by atoms with van der Waals surface area (Å²) in [7, 11) is 2.90. The summed E-state index contributed by atoms with van der Waals surface area (Å²) >= 11 is 0. The second-order valence-electron chi connectivity index (χ2n) is 4.84. The molecule has 0 radical (unpaired) electrons. The summed E-state index contributed by atoms with van der Waals surface area (Å²) in [4.78, 5) is 2.71. The molecule has 3 heteroatoms. The number of hydrogen-bond donors (Lipinski definition) is 0. The van der Waals surface area contributed by atoms with Gasteiger partial charge >= 0.3 is 0 Å². The van der Waals surface area contributed by atoms with Crippen LogP contribution < -0.4 is 4.90 Å². The summed E-state index contributed by atoms with van der Waals surface area (Å²) in [6, 6.07) is 17.8. The molecular weight excluding hydrogens is 266 g/mol. The van der Waals surface area contributed by atoms with Crippen molar-refractivity contribution in [3.8, 4) is 0 Å². The third kappa shape index (κ3) is 3.58. The minimum atomic E-state index is -1.09. The van der Waals surface area contributed by atoms with E-state index in [4.69, 9.17) is 0 Å². The van der Waals surface area contributed by atoms with Gasteiger partial charge in [0.2, 0.25) is 0 Å². The summed E-state index contributed by atoms with van der Waals surface area (Å²) in [6.45, 7) is 3.98. The predicted molar refractivity (Wildman–Crippen MR) is 88.1 cm³/mol. The summed E-state index contributed by atoms with van der Waals surface area (Å²) in [6.07, 6.45) is 0. The average Bonchev–Trinajstić information content (AvgIpc) is 2.47. The number of nitrogens with zero attached hydrogens (tertiary/aromatic N) is 1. The normalized spacial score (nSPS) is 11.9. The first-order valence-corrected chi connectivity index (χ1v) is 7.79. The Morgan fingerprint density at radius 1 is 1.05 bits per heavy atom. The molecular formula is C17H19NOS. The second kappa shape index (κ2) is 6.53. The van der Waals surface area contributed by atoms with Crippen molar-refractivity contribution < 1.29 is 4.21 Å². The van der Waals surface area contributed by atoms with Crippen LogP contribution in [0.15, 0.2) is 61.2 Å². The molecule has 2 aromatic rings. The molecule has 0 saturated carbocycles. The monoisotopic (exact) mass is 285 g/mol. The fraction of sp³-hybridized carbons (Fsp3) is 0.176. The highest BCUT2D eigenvalue weighted by Crippen LogP contribution is 2.22. The van der Waals surface area contributed by atoms with Gasteiger partial charge in [0.15, 0.2) is 0 Å². The molecule has 0 aliphatic rings. The van der Waals surface area contributed by atoms with Gasteiger partial charge in [0.05, 0.1) is 16.6 Å². The molecule has 0 fully saturated rings. The second-order valence-corrected chi connectivity index (χ2v) is 6.31. The Balaban J connectivity index is 2.09. The fourth-order valence-corrected chi connectivity index (χ4v) is 2.96. The fourth-order valence-electron chi connectivity index (χ4n) is 1.89. The van der Waals surface area contributed by atoms with Gasteiger partial charge in [0.1, 0.15) is 0 Å². The van der Waals surface area contributed by atoms with Crippen molar-refractivity contribution in [1.29, 1.82) is 0 Å². The van der Waals surface area contributed by atoms with Crippen molar-refractivity contribution in [3.05, 3.63) is 72.3 Å². The predicted octanol–water partition coefficient (Wildman–Crippen LogP) is 3.67. The van der Waals surface area contributed by atoms with Crippen molar-refractivity contribution in [2.75, 3.05) is 19.0 Å². The largest absolute Gasteiger partial charge is 0.378 e. The quantitative estimate of drug-likeness (QED) is 0.835. The molecule has 2 nitrogen and oxygen atoms in total. The molecule has 0 unspecified atom stereocenters. The smallest absolute Gasteiger partial charge is 0.0574 e. The standard InChI is InChI=1S/C17H19NOS/c1-14(16-9-11-17(12-10-16)18(2)3)20(19)13-15-7-5-4-6-8-15/h4-12H,1,13H2,2-3H3/t20-/m0/s1. The molecule has 0 aromatic heterocycles. The van der Waals surface area contributed by atoms with Gasteiger partial charge in [-0.15, -0.1) is 0 Å². The van der Waals surface area contributed by atoms with E-state index in [1.807, 2.05) is 73.6 Å². The Morgan fingerprint density at radius 3 is 2.20 bits per heavy atom. The van der Waals surface area contributed by atoms with Gasteiger partial charge in [-0.2, -0.15) is 0 Å². The molecule has 0 saturated heterocycles. The van der Waals surface area contributed by atoms with E-state index < -0.39 is 10.8 Å². The van der Waals surface area contributed by atoms with E-state index in [2.05, 4.69) is 6.58 Å². The minimum Gasteiger partial charge on any atom is -0.378 e. The van der Waals surface area contributed by atoms with E-state index in [0.717, 1.165) is 16.8 Å². The Morgan fingerprint density at radius 2 is 1.65 bits per heavy atom. The number of rotatable bonds is 5. The summed E-state index contributed by atoms with van der Waals surface area (Å²) in [5.74, 6) is 0.509.